The number of carbonyl (C=O) groups is 1. The second kappa shape index (κ2) is 10.0. The molecule has 1 aromatic heterocycles. The van der Waals surface area contributed by atoms with Crippen molar-refractivity contribution in [2.24, 2.45) is 0 Å². The fraction of sp³-hybridized carbons (Fsp3) is 0.385. The van der Waals surface area contributed by atoms with Crippen LogP contribution >= 0.6 is 11.8 Å². The largest absolute Gasteiger partial charge is 0.454 e. The summed E-state index contributed by atoms with van der Waals surface area (Å²) in [5.41, 5.74) is 3.31. The number of carbonyl (C=O) groups excluding carboxylic acids is 1. The van der Waals surface area contributed by atoms with Gasteiger partial charge in [-0.2, -0.15) is 11.8 Å². The third kappa shape index (κ3) is 4.46. The Hall–Kier alpha value is -3.13. The third-order valence-electron chi connectivity index (χ3n) is 6.44. The topological polar surface area (TPSA) is 68.0 Å². The Bertz CT molecular complexity index is 1140. The van der Waals surface area contributed by atoms with Gasteiger partial charge in [-0.05, 0) is 31.5 Å². The first kappa shape index (κ1) is 22.7. The maximum atomic E-state index is 13.8. The van der Waals surface area contributed by atoms with E-state index < -0.39 is 0 Å². The van der Waals surface area contributed by atoms with Crippen LogP contribution in [0, 0.1) is 0 Å². The van der Waals surface area contributed by atoms with E-state index in [4.69, 9.17) is 14.0 Å². The van der Waals surface area contributed by atoms with Crippen LogP contribution in [0.5, 0.6) is 11.5 Å². The molecule has 0 saturated carbocycles. The number of hydrogen-bond acceptors (Lipinski definition) is 7. The highest BCUT2D eigenvalue weighted by Gasteiger charge is 2.30. The molecule has 8 heteroatoms. The molecule has 1 fully saturated rings. The van der Waals surface area contributed by atoms with Gasteiger partial charge in [0.2, 0.25) is 12.7 Å². The molecule has 0 aliphatic carbocycles. The van der Waals surface area contributed by atoms with Gasteiger partial charge in [-0.15, -0.1) is 0 Å². The molecule has 5 rings (SSSR count). The van der Waals surface area contributed by atoms with Crippen molar-refractivity contribution in [3.05, 3.63) is 59.7 Å². The lowest BCUT2D eigenvalue weighted by atomic mass is 10.0. The van der Waals surface area contributed by atoms with Gasteiger partial charge < -0.3 is 23.8 Å². The lowest BCUT2D eigenvalue weighted by molar-refractivity contribution is 0.0671. The number of ether oxygens (including phenoxy) is 2. The van der Waals surface area contributed by atoms with Gasteiger partial charge in [-0.25, -0.2) is 0 Å². The summed E-state index contributed by atoms with van der Waals surface area (Å²) in [7, 11) is 0. The minimum absolute atomic E-state index is 0.0289. The van der Waals surface area contributed by atoms with Crippen LogP contribution in [0.1, 0.15) is 36.2 Å². The van der Waals surface area contributed by atoms with Gasteiger partial charge in [-0.1, -0.05) is 42.4 Å². The molecule has 178 valence electrons. The maximum absolute atomic E-state index is 13.8. The molecule has 1 amide bonds. The Balaban J connectivity index is 1.52. The number of amides is 1. The Morgan fingerprint density at radius 1 is 1.12 bits per heavy atom. The van der Waals surface area contributed by atoms with Crippen molar-refractivity contribution in [1.82, 2.24) is 10.1 Å². The molecule has 0 bridgehead atoms. The second-order valence-electron chi connectivity index (χ2n) is 8.54. The van der Waals surface area contributed by atoms with E-state index in [-0.39, 0.29) is 18.7 Å². The Morgan fingerprint density at radius 2 is 1.88 bits per heavy atom. The summed E-state index contributed by atoms with van der Waals surface area (Å²) in [5, 5.41) is 4.48. The van der Waals surface area contributed by atoms with Gasteiger partial charge in [0.1, 0.15) is 5.69 Å². The number of aromatic nitrogens is 1. The maximum Gasteiger partial charge on any atom is 0.254 e. The van der Waals surface area contributed by atoms with E-state index in [0.29, 0.717) is 23.6 Å². The number of benzene rings is 2. The molecule has 7 nitrogen and oxygen atoms in total. The van der Waals surface area contributed by atoms with Crippen molar-refractivity contribution in [2.45, 2.75) is 32.9 Å². The molecule has 3 aromatic rings. The molecule has 34 heavy (non-hydrogen) atoms. The van der Waals surface area contributed by atoms with Crippen molar-refractivity contribution in [2.75, 3.05) is 36.3 Å². The van der Waals surface area contributed by atoms with Crippen LogP contribution in [-0.4, -0.2) is 53.4 Å². The average molecular weight is 480 g/mol. The predicted molar refractivity (Wildman–Crippen MR) is 134 cm³/mol. The lowest BCUT2D eigenvalue weighted by Crippen LogP contribution is -2.39. The van der Waals surface area contributed by atoms with Crippen molar-refractivity contribution < 1.29 is 18.8 Å². The van der Waals surface area contributed by atoms with Crippen LogP contribution in [0.15, 0.2) is 53.1 Å². The fourth-order valence-electron chi connectivity index (χ4n) is 4.29. The van der Waals surface area contributed by atoms with Crippen LogP contribution in [-0.2, 0) is 6.54 Å². The molecule has 0 N–H and O–H groups in total. The molecule has 2 aromatic carbocycles. The quantitative estimate of drug-likeness (QED) is 0.469. The van der Waals surface area contributed by atoms with E-state index in [0.717, 1.165) is 53.7 Å². The highest BCUT2D eigenvalue weighted by atomic mass is 32.2. The van der Waals surface area contributed by atoms with Crippen molar-refractivity contribution in [1.29, 1.82) is 0 Å². The zero-order valence-corrected chi connectivity index (χ0v) is 20.3. The van der Waals surface area contributed by atoms with Crippen LogP contribution in [0.4, 0.5) is 5.88 Å². The first-order chi connectivity index (χ1) is 16.7. The summed E-state index contributed by atoms with van der Waals surface area (Å²) in [4.78, 5) is 17.9. The molecule has 1 saturated heterocycles. The average Bonchev–Trinajstić information content (AvgIpc) is 3.54. The van der Waals surface area contributed by atoms with E-state index in [9.17, 15) is 4.79 Å². The van der Waals surface area contributed by atoms with Gasteiger partial charge in [-0.3, -0.25) is 4.79 Å². The monoisotopic (exact) mass is 479 g/mol. The lowest BCUT2D eigenvalue weighted by Gasteiger charge is -2.31. The number of nitrogens with zero attached hydrogens (tertiary/aromatic N) is 3. The van der Waals surface area contributed by atoms with Crippen LogP contribution in [0.2, 0.25) is 0 Å². The zero-order chi connectivity index (χ0) is 23.5. The molecule has 1 atom stereocenters. The molecule has 2 aliphatic rings. The van der Waals surface area contributed by atoms with Crippen molar-refractivity contribution >= 4 is 23.6 Å². The van der Waals surface area contributed by atoms with Crippen molar-refractivity contribution in [3.63, 3.8) is 0 Å². The van der Waals surface area contributed by atoms with E-state index >= 15 is 0 Å². The Labute approximate surface area is 204 Å². The number of thioether (sulfide) groups is 1. The minimum Gasteiger partial charge on any atom is -0.454 e. The first-order valence-electron chi connectivity index (χ1n) is 11.7. The summed E-state index contributed by atoms with van der Waals surface area (Å²) < 4.78 is 16.9. The molecule has 0 unspecified atom stereocenters. The normalized spacial score (nSPS) is 15.9. The fourth-order valence-corrected chi connectivity index (χ4v) is 5.20. The predicted octanol–water partition coefficient (Wildman–Crippen LogP) is 5.06. The number of anilines is 1. The van der Waals surface area contributed by atoms with E-state index in [2.05, 4.69) is 23.9 Å². The second-order valence-corrected chi connectivity index (χ2v) is 9.76. The summed E-state index contributed by atoms with van der Waals surface area (Å²) in [5.74, 6) is 4.09. The summed E-state index contributed by atoms with van der Waals surface area (Å²) in [6, 6.07) is 15.4. The van der Waals surface area contributed by atoms with E-state index in [1.807, 2.05) is 47.0 Å². The summed E-state index contributed by atoms with van der Waals surface area (Å²) in [6.45, 7) is 6.58. The van der Waals surface area contributed by atoms with Gasteiger partial charge in [0.25, 0.3) is 5.91 Å². The van der Waals surface area contributed by atoms with Crippen molar-refractivity contribution in [3.8, 4) is 22.8 Å². The minimum atomic E-state index is -0.0481. The molecule has 2 aliphatic heterocycles. The third-order valence-corrected chi connectivity index (χ3v) is 7.39. The molecular weight excluding hydrogens is 450 g/mol. The molecular formula is C26H29N3O4S. The van der Waals surface area contributed by atoms with Crippen LogP contribution < -0.4 is 14.4 Å². The van der Waals surface area contributed by atoms with Gasteiger partial charge in [0.15, 0.2) is 11.5 Å². The molecule has 0 spiro atoms. The molecule has 3 heterocycles. The highest BCUT2D eigenvalue weighted by Crippen LogP contribution is 2.36. The van der Waals surface area contributed by atoms with E-state index in [1.165, 1.54) is 0 Å². The first-order valence-corrected chi connectivity index (χ1v) is 12.9. The number of rotatable bonds is 7. The van der Waals surface area contributed by atoms with Gasteiger partial charge >= 0.3 is 0 Å². The zero-order valence-electron chi connectivity index (χ0n) is 19.5. The number of hydrogen-bond donors (Lipinski definition) is 0. The van der Waals surface area contributed by atoms with Crippen LogP contribution in [0.3, 0.4) is 0 Å². The molecule has 0 radical (unpaired) electrons. The van der Waals surface area contributed by atoms with Gasteiger partial charge in [0.05, 0.1) is 12.1 Å². The Morgan fingerprint density at radius 3 is 2.65 bits per heavy atom. The van der Waals surface area contributed by atoms with E-state index in [1.54, 1.807) is 18.2 Å². The highest BCUT2D eigenvalue weighted by molar-refractivity contribution is 7.99. The number of fused-ring (bicyclic) bond motifs is 1. The summed E-state index contributed by atoms with van der Waals surface area (Å²) in [6.07, 6.45) is 0.831. The van der Waals surface area contributed by atoms with Gasteiger partial charge in [0, 0.05) is 41.8 Å². The SMILES string of the molecule is CC[C@H](C)N(Cc1c(-c2ccccc2)noc1N1CCSCC1)C(=O)c1ccc2c(c1)OCO2. The van der Waals surface area contributed by atoms with Crippen LogP contribution in [0.25, 0.3) is 11.3 Å². The summed E-state index contributed by atoms with van der Waals surface area (Å²) >= 11 is 1.95. The smallest absolute Gasteiger partial charge is 0.254 e. The Kier molecular flexibility index (Phi) is 6.67. The standard InChI is InChI=1S/C26H29N3O4S/c1-3-18(2)29(25(30)20-9-10-22-23(15-20)32-17-31-22)16-21-24(19-7-5-4-6-8-19)27-33-26(21)28-11-13-34-14-12-28/h4-10,15,18H,3,11-14,16-17H2,1-2H3/t18-/m0/s1.